The summed E-state index contributed by atoms with van der Waals surface area (Å²) in [4.78, 5) is 4.37. The van der Waals surface area contributed by atoms with E-state index in [0.717, 1.165) is 42.2 Å². The second-order valence-corrected chi connectivity index (χ2v) is 7.56. The molecule has 1 saturated carbocycles. The molecule has 156 valence electrons. The van der Waals surface area contributed by atoms with Crippen molar-refractivity contribution < 1.29 is 9.47 Å². The third kappa shape index (κ3) is 5.22. The van der Waals surface area contributed by atoms with E-state index in [2.05, 4.69) is 39.9 Å². The Hall–Kier alpha value is -1.80. The van der Waals surface area contributed by atoms with Crippen LogP contribution in [0.2, 0.25) is 0 Å². The Labute approximate surface area is 190 Å². The zero-order valence-electron chi connectivity index (χ0n) is 17.1. The van der Waals surface area contributed by atoms with E-state index in [1.807, 2.05) is 31.3 Å². The Morgan fingerprint density at radius 3 is 2.83 bits per heavy atom. The highest BCUT2D eigenvalue weighted by Gasteiger charge is 2.54. The zero-order valence-corrected chi connectivity index (χ0v) is 19.4. The second-order valence-electron chi connectivity index (χ2n) is 7.56. The van der Waals surface area contributed by atoms with E-state index in [1.54, 1.807) is 18.2 Å². The van der Waals surface area contributed by atoms with Crippen LogP contribution in [0, 0.1) is 11.8 Å². The molecule has 2 aliphatic rings. The van der Waals surface area contributed by atoms with Crippen molar-refractivity contribution in [3.63, 3.8) is 0 Å². The lowest BCUT2D eigenvalue weighted by Gasteiger charge is -2.14. The van der Waals surface area contributed by atoms with E-state index in [9.17, 15) is 0 Å². The Morgan fingerprint density at radius 1 is 1.14 bits per heavy atom. The molecule has 0 aromatic heterocycles. The van der Waals surface area contributed by atoms with Gasteiger partial charge in [0.1, 0.15) is 5.75 Å². The quantitative estimate of drug-likeness (QED) is 0.242. The van der Waals surface area contributed by atoms with Gasteiger partial charge in [0.15, 0.2) is 5.96 Å². The number of hydrogen-bond donors (Lipinski definition) is 2. The molecule has 0 aliphatic heterocycles. The molecular weight excluding hydrogens is 477 g/mol. The molecule has 0 amide bonds. The molecule has 2 aliphatic carbocycles. The number of benzene rings is 2. The van der Waals surface area contributed by atoms with Gasteiger partial charge in [-0.05, 0) is 47.4 Å². The molecule has 1 fully saturated rings. The second kappa shape index (κ2) is 10.3. The first-order chi connectivity index (χ1) is 13.8. The van der Waals surface area contributed by atoms with Crippen LogP contribution in [-0.4, -0.2) is 39.9 Å². The first-order valence-corrected chi connectivity index (χ1v) is 10.1. The predicted molar refractivity (Wildman–Crippen MR) is 129 cm³/mol. The minimum Gasteiger partial charge on any atom is -0.493 e. The van der Waals surface area contributed by atoms with Gasteiger partial charge in [-0.1, -0.05) is 30.3 Å². The molecule has 4 rings (SSSR count). The lowest BCUT2D eigenvalue weighted by atomic mass is 10.0. The molecule has 3 atom stereocenters. The number of hydrogen-bond acceptors (Lipinski definition) is 3. The summed E-state index contributed by atoms with van der Waals surface area (Å²) in [7, 11) is 3.51. The van der Waals surface area contributed by atoms with Gasteiger partial charge in [0.25, 0.3) is 0 Å². The first-order valence-electron chi connectivity index (χ1n) is 10.1. The van der Waals surface area contributed by atoms with Crippen molar-refractivity contribution in [2.45, 2.75) is 18.8 Å². The van der Waals surface area contributed by atoms with E-state index < -0.39 is 0 Å². The van der Waals surface area contributed by atoms with Gasteiger partial charge >= 0.3 is 0 Å². The smallest absolute Gasteiger partial charge is 0.195 e. The minimum atomic E-state index is 0. The Balaban J connectivity index is 0.00000240. The maximum atomic E-state index is 5.78. The molecule has 29 heavy (non-hydrogen) atoms. The van der Waals surface area contributed by atoms with Crippen LogP contribution in [0.3, 0.4) is 0 Å². The van der Waals surface area contributed by atoms with Crippen LogP contribution in [0.25, 0.3) is 0 Å². The first kappa shape index (κ1) is 21.9. The molecule has 6 heteroatoms. The van der Waals surface area contributed by atoms with E-state index in [1.165, 1.54) is 6.42 Å². The van der Waals surface area contributed by atoms with E-state index in [0.29, 0.717) is 19.1 Å². The number of fused-ring (bicyclic) bond motifs is 3. The summed E-state index contributed by atoms with van der Waals surface area (Å²) in [5.41, 5.74) is 4.07. The van der Waals surface area contributed by atoms with Crippen molar-refractivity contribution >= 4 is 35.6 Å². The van der Waals surface area contributed by atoms with Crippen LogP contribution in [0.4, 0.5) is 5.69 Å². The van der Waals surface area contributed by atoms with Crippen molar-refractivity contribution in [2.24, 2.45) is 16.8 Å². The number of nitrogens with zero attached hydrogens (tertiary/aromatic N) is 1. The molecule has 0 heterocycles. The number of nitrogens with one attached hydrogen (secondary N) is 2. The highest BCUT2D eigenvalue weighted by atomic mass is 127. The molecule has 2 N–H and O–H groups in total. The van der Waals surface area contributed by atoms with Crippen molar-refractivity contribution in [1.82, 2.24) is 5.32 Å². The van der Waals surface area contributed by atoms with Gasteiger partial charge in [-0.3, -0.25) is 4.99 Å². The lowest BCUT2D eigenvalue weighted by molar-refractivity contribution is 0.172. The van der Waals surface area contributed by atoms with Gasteiger partial charge in [-0.25, -0.2) is 0 Å². The molecule has 2 aromatic rings. The minimum absolute atomic E-state index is 0. The fourth-order valence-electron chi connectivity index (χ4n) is 4.35. The van der Waals surface area contributed by atoms with Gasteiger partial charge in [-0.2, -0.15) is 0 Å². The molecule has 3 unspecified atom stereocenters. The van der Waals surface area contributed by atoms with Gasteiger partial charge in [0.2, 0.25) is 0 Å². The third-order valence-electron chi connectivity index (χ3n) is 5.79. The highest BCUT2D eigenvalue weighted by molar-refractivity contribution is 14.0. The highest BCUT2D eigenvalue weighted by Crippen LogP contribution is 2.60. The van der Waals surface area contributed by atoms with Crippen molar-refractivity contribution in [1.29, 1.82) is 0 Å². The van der Waals surface area contributed by atoms with Crippen LogP contribution in [0.5, 0.6) is 5.75 Å². The monoisotopic (exact) mass is 507 g/mol. The van der Waals surface area contributed by atoms with E-state index in [4.69, 9.17) is 9.47 Å². The predicted octanol–water partition coefficient (Wildman–Crippen LogP) is 4.29. The zero-order chi connectivity index (χ0) is 19.3. The molecule has 0 saturated heterocycles. The van der Waals surface area contributed by atoms with Crippen LogP contribution in [0.1, 0.15) is 23.5 Å². The maximum absolute atomic E-state index is 5.78. The number of guanidine groups is 1. The summed E-state index contributed by atoms with van der Waals surface area (Å²) in [6.07, 6.45) is 2.10. The van der Waals surface area contributed by atoms with Gasteiger partial charge in [0, 0.05) is 45.5 Å². The molecule has 0 spiro atoms. The van der Waals surface area contributed by atoms with Gasteiger partial charge < -0.3 is 20.1 Å². The maximum Gasteiger partial charge on any atom is 0.195 e. The number of halogens is 1. The summed E-state index contributed by atoms with van der Waals surface area (Å²) < 4.78 is 10.8. The Kier molecular flexibility index (Phi) is 7.77. The summed E-state index contributed by atoms with van der Waals surface area (Å²) in [6.45, 7) is 2.31. The Bertz CT molecular complexity index is 842. The fraction of sp³-hybridized carbons (Fsp3) is 0.435. The largest absolute Gasteiger partial charge is 0.493 e. The van der Waals surface area contributed by atoms with Gasteiger partial charge in [-0.15, -0.1) is 24.0 Å². The van der Waals surface area contributed by atoms with Crippen molar-refractivity contribution in [2.75, 3.05) is 39.2 Å². The van der Waals surface area contributed by atoms with Gasteiger partial charge in [0.05, 0.1) is 6.61 Å². The number of anilines is 1. The average molecular weight is 507 g/mol. The molecule has 0 radical (unpaired) electrons. The third-order valence-corrected chi connectivity index (χ3v) is 5.79. The summed E-state index contributed by atoms with van der Waals surface area (Å²) >= 11 is 0. The summed E-state index contributed by atoms with van der Waals surface area (Å²) in [5.74, 6) is 3.89. The number of rotatable bonds is 8. The summed E-state index contributed by atoms with van der Waals surface area (Å²) in [5, 5.41) is 6.87. The van der Waals surface area contributed by atoms with E-state index >= 15 is 0 Å². The number of ether oxygens (including phenoxy) is 2. The lowest BCUT2D eigenvalue weighted by Crippen LogP contribution is -2.32. The standard InChI is InChI=1S/C23H29N3O2.HI/c1-24-23(26-17-8-5-9-18(14-17)28-12-6-11-27-2)25-15-21-20-13-16-7-3-4-10-19(16)22(20)21;/h3-5,7-10,14,20-22H,6,11-13,15H2,1-2H3,(H2,24,25,26);1H. The SMILES string of the molecule is CN=C(NCC1C2Cc3ccccc3C12)Nc1cccc(OCCCOC)c1.I. The topological polar surface area (TPSA) is 54.9 Å². The number of methoxy groups -OCH3 is 1. The Morgan fingerprint density at radius 2 is 2.00 bits per heavy atom. The molecule has 0 bridgehead atoms. The fourth-order valence-corrected chi connectivity index (χ4v) is 4.35. The molecule has 5 nitrogen and oxygen atoms in total. The van der Waals surface area contributed by atoms with Crippen molar-refractivity contribution in [3.8, 4) is 5.75 Å². The molecule has 2 aromatic carbocycles. The average Bonchev–Trinajstić information content (AvgIpc) is 3.26. The summed E-state index contributed by atoms with van der Waals surface area (Å²) in [6, 6.07) is 16.9. The molecular formula is C23H30IN3O2. The van der Waals surface area contributed by atoms with E-state index in [-0.39, 0.29) is 24.0 Å². The van der Waals surface area contributed by atoms with Crippen LogP contribution < -0.4 is 15.4 Å². The van der Waals surface area contributed by atoms with Crippen LogP contribution >= 0.6 is 24.0 Å². The normalized spacial score (nSPS) is 21.6. The van der Waals surface area contributed by atoms with Crippen LogP contribution in [-0.2, 0) is 11.2 Å². The number of aliphatic imine (C=N–C) groups is 1. The van der Waals surface area contributed by atoms with Crippen LogP contribution in [0.15, 0.2) is 53.5 Å². The van der Waals surface area contributed by atoms with Crippen molar-refractivity contribution in [3.05, 3.63) is 59.7 Å².